The molecule has 0 aliphatic heterocycles. The number of rotatable bonds is 2. The molecule has 5 heteroatoms. The highest BCUT2D eigenvalue weighted by atomic mass is 32.2. The van der Waals surface area contributed by atoms with Crippen LogP contribution in [0.25, 0.3) is 0 Å². The van der Waals surface area contributed by atoms with E-state index in [1.54, 1.807) is 0 Å². The van der Waals surface area contributed by atoms with Crippen LogP contribution in [0.15, 0.2) is 23.1 Å². The van der Waals surface area contributed by atoms with E-state index in [4.69, 9.17) is 0 Å². The number of aliphatic hydroxyl groups is 1. The van der Waals surface area contributed by atoms with Gasteiger partial charge in [0, 0.05) is 11.8 Å². The predicted molar refractivity (Wildman–Crippen MR) is 56.5 cm³/mol. The maximum atomic E-state index is 11.4. The quantitative estimate of drug-likeness (QED) is 0.795. The van der Waals surface area contributed by atoms with Crippen LogP contribution in [0, 0.1) is 0 Å². The number of phenolic OH excluding ortho intramolecular Hbond substituents is 1. The maximum absolute atomic E-state index is 11.4. The molecular weight excluding hydrogens is 216 g/mol. The number of hydrogen-bond donors (Lipinski definition) is 2. The van der Waals surface area contributed by atoms with Crippen molar-refractivity contribution in [2.75, 3.05) is 6.26 Å². The average molecular weight is 230 g/mol. The first kappa shape index (κ1) is 12.0. The predicted octanol–water partition coefficient (Wildman–Crippen LogP) is 1.02. The molecule has 0 heterocycles. The Hall–Kier alpha value is -1.07. The van der Waals surface area contributed by atoms with Gasteiger partial charge in [0.25, 0.3) is 0 Å². The van der Waals surface area contributed by atoms with E-state index < -0.39 is 15.4 Å². The minimum Gasteiger partial charge on any atom is -0.508 e. The van der Waals surface area contributed by atoms with Crippen molar-refractivity contribution in [1.82, 2.24) is 0 Å². The van der Waals surface area contributed by atoms with E-state index in [-0.39, 0.29) is 16.2 Å². The molecule has 0 fully saturated rings. The van der Waals surface area contributed by atoms with Crippen LogP contribution in [0.3, 0.4) is 0 Å². The van der Waals surface area contributed by atoms with Gasteiger partial charge in [0.2, 0.25) is 0 Å². The lowest BCUT2D eigenvalue weighted by molar-refractivity contribution is 0.0726. The van der Waals surface area contributed by atoms with Crippen molar-refractivity contribution < 1.29 is 18.6 Å². The Bertz CT molecular complexity index is 469. The van der Waals surface area contributed by atoms with Gasteiger partial charge in [-0.15, -0.1) is 0 Å². The van der Waals surface area contributed by atoms with Crippen molar-refractivity contribution in [3.8, 4) is 5.75 Å². The lowest BCUT2D eigenvalue weighted by atomic mass is 9.97. The van der Waals surface area contributed by atoms with Gasteiger partial charge in [-0.25, -0.2) is 8.42 Å². The summed E-state index contributed by atoms with van der Waals surface area (Å²) in [5.41, 5.74) is -1.36. The molecule has 1 aromatic carbocycles. The van der Waals surface area contributed by atoms with Crippen LogP contribution in [0.5, 0.6) is 5.75 Å². The molecule has 0 aliphatic rings. The Balaban J connectivity index is 3.63. The Kier molecular flexibility index (Phi) is 2.80. The molecule has 1 aromatic rings. The molecule has 0 aliphatic carbocycles. The molecule has 0 aromatic heterocycles. The highest BCUT2D eigenvalue weighted by Crippen LogP contribution is 2.34. The van der Waals surface area contributed by atoms with Crippen molar-refractivity contribution in [3.05, 3.63) is 23.8 Å². The second-order valence-corrected chi connectivity index (χ2v) is 5.97. The molecule has 2 N–H and O–H groups in total. The van der Waals surface area contributed by atoms with Gasteiger partial charge in [-0.3, -0.25) is 0 Å². The summed E-state index contributed by atoms with van der Waals surface area (Å²) >= 11 is 0. The minimum absolute atomic E-state index is 0.0347. The molecule has 0 bridgehead atoms. The van der Waals surface area contributed by atoms with Crippen molar-refractivity contribution in [2.45, 2.75) is 24.3 Å². The first-order valence-electron chi connectivity index (χ1n) is 4.39. The largest absolute Gasteiger partial charge is 0.508 e. The molecule has 84 valence electrons. The van der Waals surface area contributed by atoms with Crippen LogP contribution in [0.2, 0.25) is 0 Å². The van der Waals surface area contributed by atoms with Gasteiger partial charge in [0.1, 0.15) is 5.75 Å². The topological polar surface area (TPSA) is 74.6 Å². The SMILES string of the molecule is CC(C)(O)c1c(O)cccc1S(C)(=O)=O. The van der Waals surface area contributed by atoms with E-state index in [1.165, 1.54) is 32.0 Å². The van der Waals surface area contributed by atoms with E-state index in [1.807, 2.05) is 0 Å². The second-order valence-electron chi connectivity index (χ2n) is 3.98. The molecule has 0 unspecified atom stereocenters. The van der Waals surface area contributed by atoms with E-state index >= 15 is 0 Å². The first-order chi connectivity index (χ1) is 6.64. The van der Waals surface area contributed by atoms with Crippen LogP contribution >= 0.6 is 0 Å². The molecular formula is C10H14O4S. The summed E-state index contributed by atoms with van der Waals surface area (Å²) in [5.74, 6) is -0.217. The number of sulfone groups is 1. The standard InChI is InChI=1S/C10H14O4S/c1-10(2,12)9-7(11)5-4-6-8(9)15(3,13)14/h4-6,11-12H,1-3H3. The van der Waals surface area contributed by atoms with Crippen LogP contribution in [-0.4, -0.2) is 24.9 Å². The molecule has 0 atom stereocenters. The molecule has 0 saturated carbocycles. The maximum Gasteiger partial charge on any atom is 0.176 e. The van der Waals surface area contributed by atoms with Crippen molar-refractivity contribution in [1.29, 1.82) is 0 Å². The van der Waals surface area contributed by atoms with Crippen LogP contribution in [-0.2, 0) is 15.4 Å². The van der Waals surface area contributed by atoms with Gasteiger partial charge >= 0.3 is 0 Å². The summed E-state index contributed by atoms with van der Waals surface area (Å²) in [5, 5.41) is 19.4. The van der Waals surface area contributed by atoms with Crippen molar-refractivity contribution >= 4 is 9.84 Å². The summed E-state index contributed by atoms with van der Waals surface area (Å²) in [6.45, 7) is 2.85. The fraction of sp³-hybridized carbons (Fsp3) is 0.400. The van der Waals surface area contributed by atoms with E-state index in [9.17, 15) is 18.6 Å². The van der Waals surface area contributed by atoms with Gasteiger partial charge in [-0.2, -0.15) is 0 Å². The molecule has 0 radical (unpaired) electrons. The molecule has 0 spiro atoms. The zero-order valence-electron chi connectivity index (χ0n) is 8.85. The first-order valence-corrected chi connectivity index (χ1v) is 6.28. The van der Waals surface area contributed by atoms with Gasteiger partial charge < -0.3 is 10.2 Å². The van der Waals surface area contributed by atoms with Gasteiger partial charge in [-0.05, 0) is 26.0 Å². The zero-order valence-corrected chi connectivity index (χ0v) is 9.67. The number of hydrogen-bond acceptors (Lipinski definition) is 4. The summed E-state index contributed by atoms with van der Waals surface area (Å²) in [4.78, 5) is -0.0463. The van der Waals surface area contributed by atoms with Crippen LogP contribution < -0.4 is 0 Å². The molecule has 1 rings (SSSR count). The molecule has 4 nitrogen and oxygen atoms in total. The Labute approximate surface area is 89.1 Å². The van der Waals surface area contributed by atoms with E-state index in [0.717, 1.165) is 6.26 Å². The lowest BCUT2D eigenvalue weighted by Gasteiger charge is -2.21. The summed E-state index contributed by atoms with van der Waals surface area (Å²) < 4.78 is 22.9. The molecule has 0 amide bonds. The second kappa shape index (κ2) is 3.50. The van der Waals surface area contributed by atoms with Crippen LogP contribution in [0.4, 0.5) is 0 Å². The van der Waals surface area contributed by atoms with Gasteiger partial charge in [0.15, 0.2) is 9.84 Å². The number of benzene rings is 1. The van der Waals surface area contributed by atoms with Gasteiger partial charge in [-0.1, -0.05) is 6.07 Å². The van der Waals surface area contributed by atoms with Crippen molar-refractivity contribution in [2.24, 2.45) is 0 Å². The third-order valence-corrected chi connectivity index (χ3v) is 3.15. The summed E-state index contributed by atoms with van der Waals surface area (Å²) in [6.07, 6.45) is 1.04. The van der Waals surface area contributed by atoms with Gasteiger partial charge in [0.05, 0.1) is 10.5 Å². The lowest BCUT2D eigenvalue weighted by Crippen LogP contribution is -2.19. The summed E-state index contributed by atoms with van der Waals surface area (Å²) in [7, 11) is -3.46. The number of aromatic hydroxyl groups is 1. The Morgan fingerprint density at radius 1 is 1.27 bits per heavy atom. The normalized spacial score (nSPS) is 12.8. The minimum atomic E-state index is -3.46. The third kappa shape index (κ3) is 2.49. The zero-order chi connectivity index (χ0) is 11.9. The van der Waals surface area contributed by atoms with Crippen LogP contribution in [0.1, 0.15) is 19.4 Å². The van der Waals surface area contributed by atoms with E-state index in [0.29, 0.717) is 0 Å². The Morgan fingerprint density at radius 2 is 1.80 bits per heavy atom. The molecule has 15 heavy (non-hydrogen) atoms. The highest BCUT2D eigenvalue weighted by molar-refractivity contribution is 7.90. The Morgan fingerprint density at radius 3 is 2.13 bits per heavy atom. The third-order valence-electron chi connectivity index (χ3n) is 2.02. The fourth-order valence-corrected chi connectivity index (χ4v) is 2.49. The smallest absolute Gasteiger partial charge is 0.176 e. The summed E-state index contributed by atoms with van der Waals surface area (Å²) in [6, 6.07) is 4.14. The molecule has 0 saturated heterocycles. The fourth-order valence-electron chi connectivity index (χ4n) is 1.44. The average Bonchev–Trinajstić information content (AvgIpc) is 1.99. The van der Waals surface area contributed by atoms with Crippen molar-refractivity contribution in [3.63, 3.8) is 0 Å². The monoisotopic (exact) mass is 230 g/mol. The highest BCUT2D eigenvalue weighted by Gasteiger charge is 2.27. The van der Waals surface area contributed by atoms with E-state index in [2.05, 4.69) is 0 Å². The number of phenols is 1.